The third-order valence-electron chi connectivity index (χ3n) is 3.17. The van der Waals surface area contributed by atoms with Crippen molar-refractivity contribution in [1.82, 2.24) is 9.88 Å². The number of amides is 2. The SMILES string of the molecule is Cc1ccc(-c2ncco2)cc1NC(=O)N(C)CCC(=O)O. The van der Waals surface area contributed by atoms with Crippen molar-refractivity contribution in [3.8, 4) is 11.5 Å². The van der Waals surface area contributed by atoms with E-state index in [0.29, 0.717) is 11.6 Å². The minimum absolute atomic E-state index is 0.0980. The van der Waals surface area contributed by atoms with Gasteiger partial charge in [-0.2, -0.15) is 0 Å². The molecule has 22 heavy (non-hydrogen) atoms. The molecule has 1 heterocycles. The second-order valence-corrected chi connectivity index (χ2v) is 4.86. The van der Waals surface area contributed by atoms with Gasteiger partial charge >= 0.3 is 12.0 Å². The zero-order chi connectivity index (χ0) is 16.1. The van der Waals surface area contributed by atoms with Crippen LogP contribution in [0.4, 0.5) is 10.5 Å². The summed E-state index contributed by atoms with van der Waals surface area (Å²) >= 11 is 0. The van der Waals surface area contributed by atoms with Gasteiger partial charge in [0.15, 0.2) is 0 Å². The molecule has 0 aliphatic heterocycles. The van der Waals surface area contributed by atoms with Crippen LogP contribution in [0.3, 0.4) is 0 Å². The van der Waals surface area contributed by atoms with Crippen LogP contribution in [-0.4, -0.2) is 40.6 Å². The second-order valence-electron chi connectivity index (χ2n) is 4.86. The Bertz CT molecular complexity index is 667. The smallest absolute Gasteiger partial charge is 0.321 e. The van der Waals surface area contributed by atoms with Gasteiger partial charge in [0.25, 0.3) is 0 Å². The van der Waals surface area contributed by atoms with E-state index in [-0.39, 0.29) is 19.0 Å². The van der Waals surface area contributed by atoms with E-state index in [9.17, 15) is 9.59 Å². The molecule has 7 heteroatoms. The van der Waals surface area contributed by atoms with Gasteiger partial charge in [0, 0.05) is 24.8 Å². The van der Waals surface area contributed by atoms with E-state index >= 15 is 0 Å². The Balaban J connectivity index is 2.10. The summed E-state index contributed by atoms with van der Waals surface area (Å²) < 4.78 is 5.23. The number of carbonyl (C=O) groups excluding carboxylic acids is 1. The number of carbonyl (C=O) groups is 2. The van der Waals surface area contributed by atoms with Crippen LogP contribution in [0.2, 0.25) is 0 Å². The number of anilines is 1. The van der Waals surface area contributed by atoms with E-state index in [2.05, 4.69) is 10.3 Å². The lowest BCUT2D eigenvalue weighted by atomic mass is 10.1. The number of benzene rings is 1. The van der Waals surface area contributed by atoms with Crippen LogP contribution < -0.4 is 5.32 Å². The topological polar surface area (TPSA) is 95.7 Å². The monoisotopic (exact) mass is 303 g/mol. The van der Waals surface area contributed by atoms with E-state index in [1.165, 1.54) is 11.2 Å². The predicted molar refractivity (Wildman–Crippen MR) is 80.6 cm³/mol. The molecule has 0 fully saturated rings. The first-order valence-corrected chi connectivity index (χ1v) is 6.72. The minimum atomic E-state index is -0.943. The minimum Gasteiger partial charge on any atom is -0.481 e. The van der Waals surface area contributed by atoms with Gasteiger partial charge in [0.05, 0.1) is 12.6 Å². The number of hydrogen-bond donors (Lipinski definition) is 2. The standard InChI is InChI=1S/C15H17N3O4/c1-10-3-4-11(14-16-6-8-22-14)9-12(10)17-15(21)18(2)7-5-13(19)20/h3-4,6,8-9H,5,7H2,1-2H3,(H,17,21)(H,19,20). The first-order valence-electron chi connectivity index (χ1n) is 6.72. The third-order valence-corrected chi connectivity index (χ3v) is 3.17. The number of aliphatic carboxylic acids is 1. The summed E-state index contributed by atoms with van der Waals surface area (Å²) in [7, 11) is 1.55. The van der Waals surface area contributed by atoms with Crippen LogP contribution in [0.5, 0.6) is 0 Å². The molecular formula is C15H17N3O4. The van der Waals surface area contributed by atoms with Crippen molar-refractivity contribution in [3.63, 3.8) is 0 Å². The maximum Gasteiger partial charge on any atom is 0.321 e. The molecule has 2 N–H and O–H groups in total. The number of aromatic nitrogens is 1. The largest absolute Gasteiger partial charge is 0.481 e. The van der Waals surface area contributed by atoms with Crippen molar-refractivity contribution in [2.45, 2.75) is 13.3 Å². The van der Waals surface area contributed by atoms with Crippen LogP contribution in [-0.2, 0) is 4.79 Å². The van der Waals surface area contributed by atoms with Gasteiger partial charge in [-0.3, -0.25) is 4.79 Å². The first kappa shape index (κ1) is 15.6. The summed E-state index contributed by atoms with van der Waals surface area (Å²) in [6.07, 6.45) is 2.93. The molecule has 0 aliphatic carbocycles. The molecule has 2 rings (SSSR count). The summed E-state index contributed by atoms with van der Waals surface area (Å²) in [4.78, 5) is 28.0. The van der Waals surface area contributed by atoms with Crippen molar-refractivity contribution in [1.29, 1.82) is 0 Å². The predicted octanol–water partition coefficient (Wildman–Crippen LogP) is 2.59. The van der Waals surface area contributed by atoms with Crippen molar-refractivity contribution in [3.05, 3.63) is 36.2 Å². The zero-order valence-corrected chi connectivity index (χ0v) is 12.4. The Kier molecular flexibility index (Phi) is 4.77. The second kappa shape index (κ2) is 6.75. The number of aryl methyl sites for hydroxylation is 1. The maximum absolute atomic E-state index is 12.1. The van der Waals surface area contributed by atoms with E-state index in [0.717, 1.165) is 11.1 Å². The molecule has 2 aromatic rings. The lowest BCUT2D eigenvalue weighted by molar-refractivity contribution is -0.137. The van der Waals surface area contributed by atoms with E-state index in [1.807, 2.05) is 19.1 Å². The number of hydrogen-bond acceptors (Lipinski definition) is 4. The summed E-state index contributed by atoms with van der Waals surface area (Å²) in [5.41, 5.74) is 2.26. The van der Waals surface area contributed by atoms with Crippen LogP contribution in [0, 0.1) is 6.92 Å². The van der Waals surface area contributed by atoms with E-state index in [4.69, 9.17) is 9.52 Å². The van der Waals surface area contributed by atoms with Crippen LogP contribution in [0.1, 0.15) is 12.0 Å². The molecule has 0 atom stereocenters. The van der Waals surface area contributed by atoms with Crippen LogP contribution >= 0.6 is 0 Å². The summed E-state index contributed by atoms with van der Waals surface area (Å²) in [5.74, 6) is -0.476. The van der Waals surface area contributed by atoms with Gasteiger partial charge in [0.1, 0.15) is 6.26 Å². The zero-order valence-electron chi connectivity index (χ0n) is 12.4. The fraction of sp³-hybridized carbons (Fsp3) is 0.267. The molecule has 1 aromatic carbocycles. The van der Waals surface area contributed by atoms with Gasteiger partial charge in [0.2, 0.25) is 5.89 Å². The fourth-order valence-corrected chi connectivity index (χ4v) is 1.83. The van der Waals surface area contributed by atoms with Gasteiger partial charge in [-0.1, -0.05) is 6.07 Å². The summed E-state index contributed by atoms with van der Waals surface area (Å²) in [5, 5.41) is 11.4. The number of carboxylic acid groups (broad SMARTS) is 1. The maximum atomic E-state index is 12.1. The third kappa shape index (κ3) is 3.85. The van der Waals surface area contributed by atoms with Crippen LogP contribution in [0.25, 0.3) is 11.5 Å². The molecular weight excluding hydrogens is 286 g/mol. The Morgan fingerprint density at radius 2 is 2.18 bits per heavy atom. The molecule has 7 nitrogen and oxygen atoms in total. The molecule has 0 spiro atoms. The number of urea groups is 1. The molecule has 116 valence electrons. The van der Waals surface area contributed by atoms with Crippen molar-refractivity contribution in [2.24, 2.45) is 0 Å². The van der Waals surface area contributed by atoms with E-state index in [1.54, 1.807) is 19.3 Å². The molecule has 2 amide bonds. The molecule has 0 unspecified atom stereocenters. The molecule has 1 aromatic heterocycles. The van der Waals surface area contributed by atoms with Crippen molar-refractivity contribution >= 4 is 17.7 Å². The Labute approximate surface area is 127 Å². The summed E-state index contributed by atoms with van der Waals surface area (Å²) in [6.45, 7) is 2.01. The number of rotatable bonds is 5. The number of nitrogens with one attached hydrogen (secondary N) is 1. The molecule has 0 aliphatic rings. The highest BCUT2D eigenvalue weighted by atomic mass is 16.4. The number of nitrogens with zero attached hydrogens (tertiary/aromatic N) is 2. The highest BCUT2D eigenvalue weighted by molar-refractivity contribution is 5.91. The Morgan fingerprint density at radius 1 is 1.41 bits per heavy atom. The average Bonchev–Trinajstić information content (AvgIpc) is 3.01. The average molecular weight is 303 g/mol. The van der Waals surface area contributed by atoms with E-state index < -0.39 is 5.97 Å². The highest BCUT2D eigenvalue weighted by Gasteiger charge is 2.13. The Morgan fingerprint density at radius 3 is 2.82 bits per heavy atom. The number of carboxylic acids is 1. The lowest BCUT2D eigenvalue weighted by Crippen LogP contribution is -2.33. The van der Waals surface area contributed by atoms with Gasteiger partial charge < -0.3 is 19.7 Å². The fourth-order valence-electron chi connectivity index (χ4n) is 1.83. The van der Waals surface area contributed by atoms with Crippen molar-refractivity contribution in [2.75, 3.05) is 18.9 Å². The molecule has 0 saturated carbocycles. The molecule has 0 bridgehead atoms. The Hall–Kier alpha value is -2.83. The highest BCUT2D eigenvalue weighted by Crippen LogP contribution is 2.24. The molecule has 0 saturated heterocycles. The normalized spacial score (nSPS) is 10.3. The number of oxazole rings is 1. The quantitative estimate of drug-likeness (QED) is 0.885. The summed E-state index contributed by atoms with van der Waals surface area (Å²) in [6, 6.07) is 5.11. The lowest BCUT2D eigenvalue weighted by Gasteiger charge is -2.18. The first-order chi connectivity index (χ1) is 10.5. The molecule has 0 radical (unpaired) electrons. The van der Waals surface area contributed by atoms with Gasteiger partial charge in [-0.05, 0) is 24.6 Å². The van der Waals surface area contributed by atoms with Crippen molar-refractivity contribution < 1.29 is 19.1 Å². The van der Waals surface area contributed by atoms with Gasteiger partial charge in [-0.25, -0.2) is 9.78 Å². The van der Waals surface area contributed by atoms with Gasteiger partial charge in [-0.15, -0.1) is 0 Å². The van der Waals surface area contributed by atoms with Crippen LogP contribution in [0.15, 0.2) is 35.1 Å².